The summed E-state index contributed by atoms with van der Waals surface area (Å²) in [6.07, 6.45) is 3.86. The summed E-state index contributed by atoms with van der Waals surface area (Å²) in [6.45, 7) is 0. The molecule has 3 aromatic rings. The van der Waals surface area contributed by atoms with Crippen LogP contribution in [-0.4, -0.2) is 16.7 Å². The number of hydrogen-bond acceptors (Lipinski definition) is 6. The molecule has 1 heterocycles. The van der Waals surface area contributed by atoms with E-state index >= 15 is 0 Å². The second-order valence-electron chi connectivity index (χ2n) is 5.52. The molecule has 27 heavy (non-hydrogen) atoms. The molecule has 0 aliphatic heterocycles. The fraction of sp³-hybridized carbons (Fsp3) is 0.150. The first-order chi connectivity index (χ1) is 12.7. The Hall–Kier alpha value is -2.04. The number of carbonyl (C=O) groups excluding carboxylic acids is 1. The summed E-state index contributed by atoms with van der Waals surface area (Å²) in [4.78, 5) is 15.5. The van der Waals surface area contributed by atoms with Gasteiger partial charge in [0.15, 0.2) is 5.75 Å². The topological polar surface area (TPSA) is 86.0 Å². The monoisotopic (exact) mass is 386 g/mol. The summed E-state index contributed by atoms with van der Waals surface area (Å²) in [6, 6.07) is 15.1. The number of nitriles is 1. The fourth-order valence-electron chi connectivity index (χ4n) is 2.54. The zero-order valence-electron chi connectivity index (χ0n) is 14.8. The number of nitrogens with zero attached hydrogens (tertiary/aromatic N) is 2. The van der Waals surface area contributed by atoms with Crippen molar-refractivity contribution in [2.45, 2.75) is 17.7 Å². The minimum Gasteiger partial charge on any atom is -0.550 e. The number of carbonyl (C=O) groups is 1. The van der Waals surface area contributed by atoms with E-state index in [2.05, 4.69) is 11.1 Å². The van der Waals surface area contributed by atoms with E-state index in [1.165, 1.54) is 11.8 Å². The maximum absolute atomic E-state index is 10.5. The van der Waals surface area contributed by atoms with Crippen LogP contribution >= 0.6 is 11.8 Å². The molecular weight excluding hydrogens is 371 g/mol. The average Bonchev–Trinajstić information content (AvgIpc) is 2.66. The Kier molecular flexibility index (Phi) is 8.14. The summed E-state index contributed by atoms with van der Waals surface area (Å²) < 4.78 is 6.08. The molecule has 5 nitrogen and oxygen atoms in total. The van der Waals surface area contributed by atoms with Crippen molar-refractivity contribution in [2.75, 3.05) is 5.75 Å². The van der Waals surface area contributed by atoms with Crippen LogP contribution in [0.4, 0.5) is 0 Å². The summed E-state index contributed by atoms with van der Waals surface area (Å²) in [7, 11) is 0. The quantitative estimate of drug-likeness (QED) is 0.334. The van der Waals surface area contributed by atoms with Gasteiger partial charge in [-0.05, 0) is 36.8 Å². The standard InChI is InChI=1S/C20H16N2O3S.Na/c21-12-14-7-8-17(16-5-2-1-4-15(14)16)25-18-13-22-10-9-19(18)26-11-3-6-20(23)24;/h1-2,4-5,7-10,13H,3,6,11H2,(H,23,24);/q;+1/p-1. The van der Waals surface area contributed by atoms with Gasteiger partial charge >= 0.3 is 29.6 Å². The smallest absolute Gasteiger partial charge is 0.550 e. The third-order valence-corrected chi connectivity index (χ3v) is 4.89. The number of benzene rings is 2. The molecule has 0 bridgehead atoms. The molecular formula is C20H15N2NaO3S. The fourth-order valence-corrected chi connectivity index (χ4v) is 3.44. The number of aromatic nitrogens is 1. The molecule has 7 heteroatoms. The van der Waals surface area contributed by atoms with Gasteiger partial charge in [0, 0.05) is 22.9 Å². The Morgan fingerprint density at radius 2 is 1.93 bits per heavy atom. The number of rotatable bonds is 7. The second kappa shape index (κ2) is 10.3. The van der Waals surface area contributed by atoms with Crippen LogP contribution in [0.1, 0.15) is 18.4 Å². The predicted octanol–water partition coefficient (Wildman–Crippen LogP) is 0.525. The van der Waals surface area contributed by atoms with E-state index in [9.17, 15) is 15.2 Å². The second-order valence-corrected chi connectivity index (χ2v) is 6.65. The first kappa shape index (κ1) is 21.3. The number of carboxylic acid groups (broad SMARTS) is 1. The number of fused-ring (bicyclic) bond motifs is 1. The molecule has 0 aliphatic carbocycles. The number of aliphatic carboxylic acids is 1. The molecule has 2 aromatic carbocycles. The van der Waals surface area contributed by atoms with Crippen LogP contribution < -0.4 is 39.4 Å². The van der Waals surface area contributed by atoms with Crippen LogP contribution in [0, 0.1) is 11.3 Å². The van der Waals surface area contributed by atoms with E-state index < -0.39 is 5.97 Å². The van der Waals surface area contributed by atoms with E-state index in [1.54, 1.807) is 24.5 Å². The van der Waals surface area contributed by atoms with Gasteiger partial charge in [-0.1, -0.05) is 24.3 Å². The third-order valence-electron chi connectivity index (χ3n) is 3.75. The number of hydrogen-bond donors (Lipinski definition) is 0. The van der Waals surface area contributed by atoms with E-state index in [1.807, 2.05) is 30.3 Å². The van der Waals surface area contributed by atoms with E-state index in [0.717, 1.165) is 15.7 Å². The molecule has 0 aliphatic rings. The molecule has 0 spiro atoms. The predicted molar refractivity (Wildman–Crippen MR) is 97.9 cm³/mol. The summed E-state index contributed by atoms with van der Waals surface area (Å²) >= 11 is 1.51. The largest absolute Gasteiger partial charge is 1.00 e. The summed E-state index contributed by atoms with van der Waals surface area (Å²) in [5, 5.41) is 21.5. The number of pyridine rings is 1. The molecule has 130 valence electrons. The van der Waals surface area contributed by atoms with Gasteiger partial charge < -0.3 is 14.6 Å². The minimum absolute atomic E-state index is 0. The molecule has 3 rings (SSSR count). The number of ether oxygens (including phenoxy) is 1. The van der Waals surface area contributed by atoms with Gasteiger partial charge in [-0.2, -0.15) is 5.26 Å². The van der Waals surface area contributed by atoms with Crippen molar-refractivity contribution in [3.8, 4) is 17.6 Å². The Balaban J connectivity index is 0.00000261. The van der Waals surface area contributed by atoms with Gasteiger partial charge in [-0.3, -0.25) is 4.98 Å². The van der Waals surface area contributed by atoms with Crippen molar-refractivity contribution in [1.82, 2.24) is 4.98 Å². The van der Waals surface area contributed by atoms with Crippen molar-refractivity contribution >= 4 is 28.5 Å². The van der Waals surface area contributed by atoms with Gasteiger partial charge in [0.25, 0.3) is 0 Å². The maximum atomic E-state index is 10.5. The summed E-state index contributed by atoms with van der Waals surface area (Å²) in [5.41, 5.74) is 0.594. The number of carboxylic acids is 1. The molecule has 0 radical (unpaired) electrons. The number of thioether (sulfide) groups is 1. The van der Waals surface area contributed by atoms with E-state index in [-0.39, 0.29) is 36.0 Å². The van der Waals surface area contributed by atoms with Crippen LogP contribution in [0.3, 0.4) is 0 Å². The Morgan fingerprint density at radius 3 is 2.67 bits per heavy atom. The van der Waals surface area contributed by atoms with Crippen molar-refractivity contribution in [3.63, 3.8) is 0 Å². The zero-order valence-corrected chi connectivity index (χ0v) is 17.7. The van der Waals surface area contributed by atoms with Crippen LogP contribution in [0.2, 0.25) is 0 Å². The first-order valence-electron chi connectivity index (χ1n) is 8.05. The van der Waals surface area contributed by atoms with Gasteiger partial charge in [0.2, 0.25) is 0 Å². The molecule has 0 unspecified atom stereocenters. The molecule has 0 fully saturated rings. The molecule has 0 saturated heterocycles. The average molecular weight is 386 g/mol. The van der Waals surface area contributed by atoms with Crippen LogP contribution in [0.25, 0.3) is 10.8 Å². The van der Waals surface area contributed by atoms with Gasteiger partial charge in [0.05, 0.1) is 22.7 Å². The SMILES string of the molecule is N#Cc1ccc(Oc2cnccc2SCCCC(=O)[O-])c2ccccc12.[Na+]. The maximum Gasteiger partial charge on any atom is 1.00 e. The summed E-state index contributed by atoms with van der Waals surface area (Å²) in [5.74, 6) is 0.841. The molecule has 0 atom stereocenters. The van der Waals surface area contributed by atoms with Crippen LogP contribution in [0.5, 0.6) is 11.5 Å². The normalized spacial score (nSPS) is 10.0. The zero-order chi connectivity index (χ0) is 18.4. The molecule has 0 amide bonds. The van der Waals surface area contributed by atoms with Gasteiger partial charge in [0.1, 0.15) is 5.75 Å². The van der Waals surface area contributed by atoms with Crippen molar-refractivity contribution < 1.29 is 44.2 Å². The minimum atomic E-state index is -1.04. The Morgan fingerprint density at radius 1 is 1.15 bits per heavy atom. The van der Waals surface area contributed by atoms with Crippen LogP contribution in [-0.2, 0) is 4.79 Å². The van der Waals surface area contributed by atoms with Crippen molar-refractivity contribution in [2.24, 2.45) is 0 Å². The first-order valence-corrected chi connectivity index (χ1v) is 9.04. The molecule has 0 N–H and O–H groups in total. The van der Waals surface area contributed by atoms with Gasteiger partial charge in [-0.25, -0.2) is 0 Å². The third kappa shape index (κ3) is 5.47. The Bertz CT molecular complexity index is 988. The van der Waals surface area contributed by atoms with Crippen molar-refractivity contribution in [3.05, 3.63) is 60.4 Å². The molecule has 1 aromatic heterocycles. The molecule has 0 saturated carbocycles. The van der Waals surface area contributed by atoms with E-state index in [0.29, 0.717) is 29.2 Å². The van der Waals surface area contributed by atoms with Crippen LogP contribution in [0.15, 0.2) is 59.8 Å². The Labute approximate surface area is 183 Å². The van der Waals surface area contributed by atoms with E-state index in [4.69, 9.17) is 4.74 Å². The van der Waals surface area contributed by atoms with Gasteiger partial charge in [-0.15, -0.1) is 11.8 Å². The van der Waals surface area contributed by atoms with Crippen molar-refractivity contribution in [1.29, 1.82) is 5.26 Å².